The topological polar surface area (TPSA) is 98.5 Å². The normalized spacial score (nSPS) is 18.8. The van der Waals surface area contributed by atoms with E-state index in [9.17, 15) is 18.5 Å². The van der Waals surface area contributed by atoms with Crippen LogP contribution in [0.3, 0.4) is 0 Å². The Balaban J connectivity index is 1.62. The third-order valence-electron chi connectivity index (χ3n) is 4.33. The first kappa shape index (κ1) is 19.6. The zero-order chi connectivity index (χ0) is 19.4. The number of nitro groups is 1. The van der Waals surface area contributed by atoms with E-state index in [0.29, 0.717) is 18.7 Å². The van der Waals surface area contributed by atoms with Gasteiger partial charge in [0.2, 0.25) is 5.75 Å². The second kappa shape index (κ2) is 8.24. The molecule has 0 spiro atoms. The number of rotatable bonds is 6. The maximum absolute atomic E-state index is 11.7. The summed E-state index contributed by atoms with van der Waals surface area (Å²) in [5.74, 6) is 1.02. The highest BCUT2D eigenvalue weighted by atomic mass is 35.5. The Morgan fingerprint density at radius 1 is 1.22 bits per heavy atom. The summed E-state index contributed by atoms with van der Waals surface area (Å²) in [6, 6.07) is 11.3. The number of nitrogens with one attached hydrogen (secondary N) is 1. The SMILES string of the molecule is O=[N+]([O-])c1cc(Cl)ccc1Oc1ccc(CNC2CCCS(=O)(=O)C2)cc1. The van der Waals surface area contributed by atoms with E-state index in [4.69, 9.17) is 16.3 Å². The van der Waals surface area contributed by atoms with Crippen LogP contribution in [0.15, 0.2) is 42.5 Å². The molecule has 7 nitrogen and oxygen atoms in total. The summed E-state index contributed by atoms with van der Waals surface area (Å²) in [4.78, 5) is 10.6. The molecule has 0 bridgehead atoms. The van der Waals surface area contributed by atoms with E-state index in [1.165, 1.54) is 18.2 Å². The second-order valence-electron chi connectivity index (χ2n) is 6.45. The molecule has 3 rings (SSSR count). The molecule has 0 aromatic heterocycles. The Kier molecular flexibility index (Phi) is 5.98. The number of nitro benzene ring substituents is 1. The monoisotopic (exact) mass is 410 g/mol. The first-order chi connectivity index (χ1) is 12.8. The van der Waals surface area contributed by atoms with Gasteiger partial charge in [0.05, 0.1) is 16.4 Å². The molecule has 1 aliphatic heterocycles. The maximum atomic E-state index is 11.7. The third kappa shape index (κ3) is 5.41. The highest BCUT2D eigenvalue weighted by Gasteiger charge is 2.24. The van der Waals surface area contributed by atoms with Crippen LogP contribution in [0.1, 0.15) is 18.4 Å². The van der Waals surface area contributed by atoms with E-state index in [0.717, 1.165) is 12.0 Å². The zero-order valence-electron chi connectivity index (χ0n) is 14.4. The van der Waals surface area contributed by atoms with Gasteiger partial charge in [-0.2, -0.15) is 0 Å². The van der Waals surface area contributed by atoms with Gasteiger partial charge in [0, 0.05) is 23.7 Å². The molecular formula is C18H19ClN2O5S. The lowest BCUT2D eigenvalue weighted by Crippen LogP contribution is -2.39. The van der Waals surface area contributed by atoms with Gasteiger partial charge < -0.3 is 10.1 Å². The van der Waals surface area contributed by atoms with Gasteiger partial charge in [-0.3, -0.25) is 10.1 Å². The van der Waals surface area contributed by atoms with Crippen molar-refractivity contribution >= 4 is 27.1 Å². The fraction of sp³-hybridized carbons (Fsp3) is 0.333. The van der Waals surface area contributed by atoms with Crippen LogP contribution in [-0.4, -0.2) is 30.9 Å². The van der Waals surface area contributed by atoms with Crippen LogP contribution in [0.25, 0.3) is 0 Å². The molecule has 1 saturated heterocycles. The summed E-state index contributed by atoms with van der Waals surface area (Å²) in [6.45, 7) is 0.543. The summed E-state index contributed by atoms with van der Waals surface area (Å²) in [7, 11) is -2.94. The molecule has 9 heteroatoms. The van der Waals surface area contributed by atoms with Gasteiger partial charge in [-0.15, -0.1) is 0 Å². The van der Waals surface area contributed by atoms with Crippen LogP contribution in [0.5, 0.6) is 11.5 Å². The number of halogens is 1. The van der Waals surface area contributed by atoms with Crippen LogP contribution < -0.4 is 10.1 Å². The average molecular weight is 411 g/mol. The summed E-state index contributed by atoms with van der Waals surface area (Å²) >= 11 is 5.80. The Bertz CT molecular complexity index is 931. The lowest BCUT2D eigenvalue weighted by atomic mass is 10.1. The third-order valence-corrected chi connectivity index (χ3v) is 6.38. The fourth-order valence-electron chi connectivity index (χ4n) is 2.97. The molecule has 0 radical (unpaired) electrons. The Morgan fingerprint density at radius 2 is 1.96 bits per heavy atom. The van der Waals surface area contributed by atoms with Gasteiger partial charge in [-0.05, 0) is 42.7 Å². The summed E-state index contributed by atoms with van der Waals surface area (Å²) in [6.07, 6.45) is 1.54. The van der Waals surface area contributed by atoms with Crippen molar-refractivity contribution in [2.75, 3.05) is 11.5 Å². The number of hydrogen-bond acceptors (Lipinski definition) is 6. The van der Waals surface area contributed by atoms with Crippen molar-refractivity contribution in [1.82, 2.24) is 5.32 Å². The van der Waals surface area contributed by atoms with E-state index >= 15 is 0 Å². The lowest BCUT2D eigenvalue weighted by Gasteiger charge is -2.23. The van der Waals surface area contributed by atoms with Gasteiger partial charge in [0.1, 0.15) is 5.75 Å². The predicted octanol–water partition coefficient (Wildman–Crippen LogP) is 3.71. The molecule has 1 aliphatic rings. The van der Waals surface area contributed by atoms with Gasteiger partial charge in [-0.1, -0.05) is 23.7 Å². The zero-order valence-corrected chi connectivity index (χ0v) is 16.0. The van der Waals surface area contributed by atoms with Crippen LogP contribution in [0, 0.1) is 10.1 Å². The average Bonchev–Trinajstić information content (AvgIpc) is 2.61. The van der Waals surface area contributed by atoms with Crippen LogP contribution in [-0.2, 0) is 16.4 Å². The molecule has 1 N–H and O–H groups in total. The summed E-state index contributed by atoms with van der Waals surface area (Å²) < 4.78 is 29.0. The number of benzene rings is 2. The molecular weight excluding hydrogens is 392 g/mol. The molecule has 1 fully saturated rings. The molecule has 2 aromatic rings. The van der Waals surface area contributed by atoms with Crippen molar-refractivity contribution in [2.45, 2.75) is 25.4 Å². The molecule has 2 aromatic carbocycles. The van der Waals surface area contributed by atoms with Crippen molar-refractivity contribution in [3.8, 4) is 11.5 Å². The minimum Gasteiger partial charge on any atom is -0.450 e. The second-order valence-corrected chi connectivity index (χ2v) is 9.11. The van der Waals surface area contributed by atoms with Crippen LogP contribution in [0.4, 0.5) is 5.69 Å². The van der Waals surface area contributed by atoms with Gasteiger partial charge >= 0.3 is 5.69 Å². The highest BCUT2D eigenvalue weighted by Crippen LogP contribution is 2.33. The summed E-state index contributed by atoms with van der Waals surface area (Å²) in [5, 5.41) is 14.6. The molecule has 144 valence electrons. The van der Waals surface area contributed by atoms with Crippen molar-refractivity contribution in [3.63, 3.8) is 0 Å². The minimum absolute atomic E-state index is 0.0311. The predicted molar refractivity (Wildman–Crippen MR) is 103 cm³/mol. The Labute approximate surface area is 162 Å². The number of nitrogens with zero attached hydrogens (tertiary/aromatic N) is 1. The highest BCUT2D eigenvalue weighted by molar-refractivity contribution is 7.91. The van der Waals surface area contributed by atoms with Crippen LogP contribution >= 0.6 is 11.6 Å². The number of hydrogen-bond donors (Lipinski definition) is 1. The van der Waals surface area contributed by atoms with E-state index in [2.05, 4.69) is 5.32 Å². The first-order valence-electron chi connectivity index (χ1n) is 8.47. The summed E-state index contributed by atoms with van der Waals surface area (Å²) in [5.41, 5.74) is 0.766. The number of ether oxygens (including phenoxy) is 1. The quantitative estimate of drug-likeness (QED) is 0.575. The Morgan fingerprint density at radius 3 is 2.63 bits per heavy atom. The lowest BCUT2D eigenvalue weighted by molar-refractivity contribution is -0.385. The van der Waals surface area contributed by atoms with Gasteiger partial charge in [0.25, 0.3) is 0 Å². The largest absolute Gasteiger partial charge is 0.450 e. The molecule has 0 saturated carbocycles. The smallest absolute Gasteiger partial charge is 0.313 e. The Hall–Kier alpha value is -2.16. The standard InChI is InChI=1S/C18H19ClN2O5S/c19-14-5-8-18(17(10-14)21(22)23)26-16-6-3-13(4-7-16)11-20-15-2-1-9-27(24,25)12-15/h3-8,10,15,20H,1-2,9,11-12H2. The minimum atomic E-state index is -2.94. The van der Waals surface area contributed by atoms with E-state index < -0.39 is 14.8 Å². The number of sulfone groups is 1. The van der Waals surface area contributed by atoms with Crippen molar-refractivity contribution < 1.29 is 18.1 Å². The fourth-order valence-corrected chi connectivity index (χ4v) is 4.80. The van der Waals surface area contributed by atoms with E-state index in [-0.39, 0.29) is 34.0 Å². The van der Waals surface area contributed by atoms with E-state index in [1.54, 1.807) is 12.1 Å². The van der Waals surface area contributed by atoms with Crippen molar-refractivity contribution in [2.24, 2.45) is 0 Å². The van der Waals surface area contributed by atoms with E-state index in [1.807, 2.05) is 12.1 Å². The molecule has 0 aliphatic carbocycles. The molecule has 1 heterocycles. The maximum Gasteiger partial charge on any atom is 0.313 e. The van der Waals surface area contributed by atoms with Crippen molar-refractivity contribution in [3.05, 3.63) is 63.2 Å². The van der Waals surface area contributed by atoms with Gasteiger partial charge in [0.15, 0.2) is 9.84 Å². The molecule has 1 unspecified atom stereocenters. The van der Waals surface area contributed by atoms with Crippen LogP contribution in [0.2, 0.25) is 5.02 Å². The molecule has 0 amide bonds. The van der Waals surface area contributed by atoms with Crippen molar-refractivity contribution in [1.29, 1.82) is 0 Å². The molecule has 1 atom stereocenters. The molecule has 27 heavy (non-hydrogen) atoms. The van der Waals surface area contributed by atoms with Gasteiger partial charge in [-0.25, -0.2) is 8.42 Å². The first-order valence-corrected chi connectivity index (χ1v) is 10.7.